The minimum atomic E-state index is -0.291. The minimum absolute atomic E-state index is 0.176. The van der Waals surface area contributed by atoms with Gasteiger partial charge in [0.1, 0.15) is 0 Å². The fourth-order valence-electron chi connectivity index (χ4n) is 2.49. The molecule has 0 radical (unpaired) electrons. The average Bonchev–Trinajstić information content (AvgIpc) is 2.27. The molecule has 4 nitrogen and oxygen atoms in total. The summed E-state index contributed by atoms with van der Waals surface area (Å²) < 4.78 is 5.27. The average molecular weight is 241 g/mol. The second-order valence-corrected chi connectivity index (χ2v) is 5.22. The molecule has 2 N–H and O–H groups in total. The minimum Gasteiger partial charge on any atom is -0.393 e. The molecule has 2 fully saturated rings. The van der Waals surface area contributed by atoms with Crippen molar-refractivity contribution in [1.29, 1.82) is 0 Å². The van der Waals surface area contributed by atoms with E-state index in [-0.39, 0.29) is 17.9 Å². The molecule has 17 heavy (non-hydrogen) atoms. The highest BCUT2D eigenvalue weighted by atomic mass is 16.5. The van der Waals surface area contributed by atoms with Crippen molar-refractivity contribution in [3.05, 3.63) is 0 Å². The summed E-state index contributed by atoms with van der Waals surface area (Å²) in [4.78, 5) is 11.6. The largest absolute Gasteiger partial charge is 0.393 e. The van der Waals surface area contributed by atoms with Gasteiger partial charge in [-0.05, 0) is 38.0 Å². The fourth-order valence-corrected chi connectivity index (χ4v) is 2.49. The van der Waals surface area contributed by atoms with Crippen molar-refractivity contribution >= 4 is 5.91 Å². The molecule has 1 amide bonds. The highest BCUT2D eigenvalue weighted by Crippen LogP contribution is 2.26. The number of ether oxygens (including phenoxy) is 1. The monoisotopic (exact) mass is 241 g/mol. The zero-order chi connectivity index (χ0) is 12.1. The molecule has 0 spiro atoms. The van der Waals surface area contributed by atoms with Crippen LogP contribution in [0.25, 0.3) is 0 Å². The smallest absolute Gasteiger partial charge is 0.223 e. The SMILES string of the molecule is O=C(NCCC(O)C1CCOCC1)C1CCC1. The van der Waals surface area contributed by atoms with Gasteiger partial charge in [-0.2, -0.15) is 0 Å². The van der Waals surface area contributed by atoms with Crippen molar-refractivity contribution < 1.29 is 14.6 Å². The number of hydrogen-bond donors (Lipinski definition) is 2. The van der Waals surface area contributed by atoms with Crippen LogP contribution >= 0.6 is 0 Å². The lowest BCUT2D eigenvalue weighted by atomic mass is 9.85. The Hall–Kier alpha value is -0.610. The molecule has 1 saturated heterocycles. The van der Waals surface area contributed by atoms with E-state index in [2.05, 4.69) is 5.32 Å². The third kappa shape index (κ3) is 3.68. The van der Waals surface area contributed by atoms with Gasteiger partial charge >= 0.3 is 0 Å². The number of carbonyl (C=O) groups excluding carboxylic acids is 1. The second kappa shape index (κ2) is 6.36. The molecule has 2 rings (SSSR count). The quantitative estimate of drug-likeness (QED) is 0.757. The van der Waals surface area contributed by atoms with E-state index in [1.54, 1.807) is 0 Å². The zero-order valence-electron chi connectivity index (χ0n) is 10.4. The first-order valence-electron chi connectivity index (χ1n) is 6.81. The summed E-state index contributed by atoms with van der Waals surface area (Å²) in [6, 6.07) is 0. The number of aliphatic hydroxyl groups is 1. The Labute approximate surface area is 103 Å². The van der Waals surface area contributed by atoms with Gasteiger partial charge < -0.3 is 15.2 Å². The second-order valence-electron chi connectivity index (χ2n) is 5.22. The fraction of sp³-hybridized carbons (Fsp3) is 0.923. The predicted octanol–water partition coefficient (Wildman–Crippen LogP) is 1.08. The first kappa shape index (κ1) is 12.8. The van der Waals surface area contributed by atoms with Gasteiger partial charge in [-0.15, -0.1) is 0 Å². The van der Waals surface area contributed by atoms with Crippen LogP contribution in [0.3, 0.4) is 0 Å². The Morgan fingerprint density at radius 1 is 1.29 bits per heavy atom. The molecule has 0 aromatic carbocycles. The van der Waals surface area contributed by atoms with E-state index in [0.29, 0.717) is 18.9 Å². The molecule has 2 aliphatic rings. The van der Waals surface area contributed by atoms with Crippen LogP contribution in [0.5, 0.6) is 0 Å². The van der Waals surface area contributed by atoms with Gasteiger partial charge in [0.25, 0.3) is 0 Å². The molecule has 0 bridgehead atoms. The molecule has 1 saturated carbocycles. The predicted molar refractivity (Wildman–Crippen MR) is 64.5 cm³/mol. The van der Waals surface area contributed by atoms with E-state index in [4.69, 9.17) is 4.74 Å². The van der Waals surface area contributed by atoms with Crippen LogP contribution in [0.4, 0.5) is 0 Å². The summed E-state index contributed by atoms with van der Waals surface area (Å²) in [5.74, 6) is 0.773. The molecule has 4 heteroatoms. The van der Waals surface area contributed by atoms with Crippen LogP contribution in [0.2, 0.25) is 0 Å². The Bertz CT molecular complexity index is 247. The normalized spacial score (nSPS) is 24.1. The van der Waals surface area contributed by atoms with E-state index >= 15 is 0 Å². The zero-order valence-corrected chi connectivity index (χ0v) is 10.4. The Morgan fingerprint density at radius 2 is 2.00 bits per heavy atom. The molecule has 1 atom stereocenters. The van der Waals surface area contributed by atoms with E-state index in [1.807, 2.05) is 0 Å². The van der Waals surface area contributed by atoms with Gasteiger partial charge in [0.2, 0.25) is 5.91 Å². The highest BCUT2D eigenvalue weighted by Gasteiger charge is 2.25. The molecule has 0 aromatic heterocycles. The number of rotatable bonds is 5. The van der Waals surface area contributed by atoms with E-state index < -0.39 is 0 Å². The molecule has 0 aromatic rings. The summed E-state index contributed by atoms with van der Waals surface area (Å²) in [5, 5.41) is 12.9. The van der Waals surface area contributed by atoms with Crippen molar-refractivity contribution in [3.8, 4) is 0 Å². The van der Waals surface area contributed by atoms with Gasteiger partial charge in [0, 0.05) is 25.7 Å². The van der Waals surface area contributed by atoms with E-state index in [0.717, 1.165) is 38.9 Å². The van der Waals surface area contributed by atoms with E-state index in [1.165, 1.54) is 6.42 Å². The molecule has 98 valence electrons. The summed E-state index contributed by atoms with van der Waals surface area (Å²) in [6.07, 6.45) is 5.52. The van der Waals surface area contributed by atoms with Crippen LogP contribution < -0.4 is 5.32 Å². The van der Waals surface area contributed by atoms with Crippen LogP contribution in [0, 0.1) is 11.8 Å². The topological polar surface area (TPSA) is 58.6 Å². The third-order valence-electron chi connectivity index (χ3n) is 4.03. The molecule has 1 heterocycles. The molecular formula is C13H23NO3. The number of carbonyl (C=O) groups is 1. The van der Waals surface area contributed by atoms with Gasteiger partial charge in [-0.1, -0.05) is 6.42 Å². The van der Waals surface area contributed by atoms with Crippen LogP contribution in [0.15, 0.2) is 0 Å². The summed E-state index contributed by atoms with van der Waals surface area (Å²) >= 11 is 0. The lowest BCUT2D eigenvalue weighted by molar-refractivity contribution is -0.127. The summed E-state index contributed by atoms with van der Waals surface area (Å²) in [7, 11) is 0. The molecular weight excluding hydrogens is 218 g/mol. The van der Waals surface area contributed by atoms with Crippen LogP contribution in [-0.2, 0) is 9.53 Å². The highest BCUT2D eigenvalue weighted by molar-refractivity contribution is 5.79. The lowest BCUT2D eigenvalue weighted by Gasteiger charge is -2.27. The van der Waals surface area contributed by atoms with Crippen molar-refractivity contribution in [2.24, 2.45) is 11.8 Å². The lowest BCUT2D eigenvalue weighted by Crippen LogP contribution is -2.37. The third-order valence-corrected chi connectivity index (χ3v) is 4.03. The summed E-state index contributed by atoms with van der Waals surface area (Å²) in [5.41, 5.74) is 0. The van der Waals surface area contributed by atoms with Gasteiger partial charge in [0.05, 0.1) is 6.10 Å². The van der Waals surface area contributed by atoms with E-state index in [9.17, 15) is 9.90 Å². The van der Waals surface area contributed by atoms with Crippen LogP contribution in [-0.4, -0.2) is 36.9 Å². The standard InChI is InChI=1S/C13H23NO3/c15-12(10-5-8-17-9-6-10)4-7-14-13(16)11-2-1-3-11/h10-12,15H,1-9H2,(H,14,16). The molecule has 1 unspecified atom stereocenters. The van der Waals surface area contributed by atoms with Crippen molar-refractivity contribution in [1.82, 2.24) is 5.32 Å². The number of aliphatic hydroxyl groups excluding tert-OH is 1. The van der Waals surface area contributed by atoms with Crippen molar-refractivity contribution in [3.63, 3.8) is 0 Å². The maximum atomic E-state index is 11.6. The molecule has 1 aliphatic carbocycles. The Balaban J connectivity index is 1.58. The number of amides is 1. The van der Waals surface area contributed by atoms with Crippen molar-refractivity contribution in [2.75, 3.05) is 19.8 Å². The number of nitrogens with one attached hydrogen (secondary N) is 1. The Morgan fingerprint density at radius 3 is 2.59 bits per heavy atom. The first-order chi connectivity index (χ1) is 8.27. The molecule has 1 aliphatic heterocycles. The summed E-state index contributed by atoms with van der Waals surface area (Å²) in [6.45, 7) is 2.13. The first-order valence-corrected chi connectivity index (χ1v) is 6.81. The van der Waals surface area contributed by atoms with Crippen molar-refractivity contribution in [2.45, 2.75) is 44.6 Å². The van der Waals surface area contributed by atoms with Gasteiger partial charge in [-0.3, -0.25) is 4.79 Å². The maximum absolute atomic E-state index is 11.6. The maximum Gasteiger partial charge on any atom is 0.223 e. The Kier molecular flexibility index (Phi) is 4.80. The van der Waals surface area contributed by atoms with Gasteiger partial charge in [0.15, 0.2) is 0 Å². The van der Waals surface area contributed by atoms with Gasteiger partial charge in [-0.25, -0.2) is 0 Å². The van der Waals surface area contributed by atoms with Crippen LogP contribution in [0.1, 0.15) is 38.5 Å². The number of hydrogen-bond acceptors (Lipinski definition) is 3.